The molecule has 0 saturated heterocycles. The molecule has 3 aromatic rings. The van der Waals surface area contributed by atoms with E-state index in [1.54, 1.807) is 36.1 Å². The third-order valence-corrected chi connectivity index (χ3v) is 3.43. The van der Waals surface area contributed by atoms with Gasteiger partial charge in [0.1, 0.15) is 17.1 Å². The van der Waals surface area contributed by atoms with E-state index in [0.717, 1.165) is 12.1 Å². The van der Waals surface area contributed by atoms with Crippen LogP contribution in [-0.4, -0.2) is 32.9 Å². The maximum absolute atomic E-state index is 12.2. The largest absolute Gasteiger partial charge is 0.573 e. The Morgan fingerprint density at radius 2 is 1.85 bits per heavy atom. The van der Waals surface area contributed by atoms with Crippen LogP contribution in [-0.2, 0) is 11.9 Å². The molecule has 27 heavy (non-hydrogen) atoms. The molecule has 0 N–H and O–H groups in total. The van der Waals surface area contributed by atoms with Crippen molar-refractivity contribution < 1.29 is 27.5 Å². The van der Waals surface area contributed by atoms with Crippen molar-refractivity contribution in [1.29, 1.82) is 0 Å². The van der Waals surface area contributed by atoms with Crippen LogP contribution >= 0.6 is 0 Å². The Morgan fingerprint density at radius 3 is 2.48 bits per heavy atom. The van der Waals surface area contributed by atoms with Crippen LogP contribution in [0.15, 0.2) is 60.1 Å². The maximum atomic E-state index is 12.2. The summed E-state index contributed by atoms with van der Waals surface area (Å²) in [5.41, 5.74) is 0.633. The number of rotatable bonds is 5. The molecule has 0 aliphatic rings. The molecule has 0 aliphatic carbocycles. The number of carbonyl (C=O) groups excluding carboxylic acids is 1. The Labute approximate surface area is 151 Å². The van der Waals surface area contributed by atoms with Gasteiger partial charge in [-0.05, 0) is 42.0 Å². The van der Waals surface area contributed by atoms with Crippen molar-refractivity contribution in [3.8, 4) is 11.6 Å². The number of halogens is 3. The molecule has 10 heteroatoms. The zero-order valence-electron chi connectivity index (χ0n) is 13.9. The number of ether oxygens (including phenoxy) is 1. The van der Waals surface area contributed by atoms with Crippen molar-refractivity contribution in [3.63, 3.8) is 0 Å². The zero-order valence-corrected chi connectivity index (χ0v) is 13.9. The minimum Gasteiger partial charge on any atom is -0.406 e. The van der Waals surface area contributed by atoms with Crippen LogP contribution in [0.4, 0.5) is 13.2 Å². The Hall–Kier alpha value is -3.56. The standard InChI is InChI=1S/C17H13F3N4O3/c1-23-15(24-8-2-3-9-24)14(11-21-23)16(25)27-22-10-12-4-6-13(7-5-12)26-17(18,19)20/h2-11H,1H3. The number of benzene rings is 1. The lowest BCUT2D eigenvalue weighted by Crippen LogP contribution is -2.17. The van der Waals surface area contributed by atoms with E-state index in [1.165, 1.54) is 29.2 Å². The van der Waals surface area contributed by atoms with Gasteiger partial charge >= 0.3 is 12.3 Å². The van der Waals surface area contributed by atoms with Crippen LogP contribution in [0.25, 0.3) is 5.82 Å². The Balaban J connectivity index is 1.66. The summed E-state index contributed by atoms with van der Waals surface area (Å²) in [5.74, 6) is -0.572. The smallest absolute Gasteiger partial charge is 0.406 e. The van der Waals surface area contributed by atoms with Gasteiger partial charge < -0.3 is 14.1 Å². The van der Waals surface area contributed by atoms with Gasteiger partial charge in [0.15, 0.2) is 0 Å². The second-order valence-corrected chi connectivity index (χ2v) is 5.33. The lowest BCUT2D eigenvalue weighted by atomic mass is 10.2. The lowest BCUT2D eigenvalue weighted by molar-refractivity contribution is -0.274. The first-order valence-electron chi connectivity index (χ1n) is 7.59. The molecule has 0 bridgehead atoms. The number of alkyl halides is 3. The Kier molecular flexibility index (Phi) is 4.97. The first-order chi connectivity index (χ1) is 12.8. The number of carbonyl (C=O) groups is 1. The van der Waals surface area contributed by atoms with E-state index in [1.807, 2.05) is 0 Å². The predicted molar refractivity (Wildman–Crippen MR) is 88.7 cm³/mol. The van der Waals surface area contributed by atoms with Gasteiger partial charge in [-0.25, -0.2) is 4.79 Å². The minimum absolute atomic E-state index is 0.208. The van der Waals surface area contributed by atoms with E-state index in [9.17, 15) is 18.0 Å². The second-order valence-electron chi connectivity index (χ2n) is 5.33. The minimum atomic E-state index is -4.76. The molecule has 1 aromatic carbocycles. The van der Waals surface area contributed by atoms with E-state index in [-0.39, 0.29) is 11.3 Å². The van der Waals surface area contributed by atoms with E-state index in [2.05, 4.69) is 15.0 Å². The predicted octanol–water partition coefficient (Wildman–Crippen LogP) is 3.30. The van der Waals surface area contributed by atoms with Gasteiger partial charge in [-0.3, -0.25) is 4.68 Å². The molecule has 0 aliphatic heterocycles. The molecule has 0 amide bonds. The van der Waals surface area contributed by atoms with E-state index in [4.69, 9.17) is 4.84 Å². The molecule has 140 valence electrons. The van der Waals surface area contributed by atoms with E-state index < -0.39 is 12.3 Å². The number of hydrogen-bond acceptors (Lipinski definition) is 5. The molecular formula is C17H13F3N4O3. The summed E-state index contributed by atoms with van der Waals surface area (Å²) < 4.78 is 43.3. The zero-order chi connectivity index (χ0) is 19.4. The monoisotopic (exact) mass is 378 g/mol. The molecule has 0 unspecified atom stereocenters. The highest BCUT2D eigenvalue weighted by Crippen LogP contribution is 2.22. The number of aryl methyl sites for hydroxylation is 1. The quantitative estimate of drug-likeness (QED) is 0.388. The van der Waals surface area contributed by atoms with Gasteiger partial charge in [0.2, 0.25) is 0 Å². The second kappa shape index (κ2) is 7.36. The average Bonchev–Trinajstić information content (AvgIpc) is 3.24. The number of nitrogens with zero attached hydrogens (tertiary/aromatic N) is 4. The maximum Gasteiger partial charge on any atom is 0.573 e. The number of hydrogen-bond donors (Lipinski definition) is 0. The van der Waals surface area contributed by atoms with Crippen LogP contribution in [0.3, 0.4) is 0 Å². The Bertz CT molecular complexity index is 945. The van der Waals surface area contributed by atoms with Crippen molar-refractivity contribution in [2.75, 3.05) is 0 Å². The van der Waals surface area contributed by atoms with Gasteiger partial charge in [0.25, 0.3) is 0 Å². The summed E-state index contributed by atoms with van der Waals surface area (Å²) in [6.07, 6.45) is 1.30. The van der Waals surface area contributed by atoms with Gasteiger partial charge in [0, 0.05) is 19.4 Å². The molecule has 0 spiro atoms. The van der Waals surface area contributed by atoms with Crippen molar-refractivity contribution in [2.24, 2.45) is 12.2 Å². The number of aromatic nitrogens is 3. The summed E-state index contributed by atoms with van der Waals surface area (Å²) in [7, 11) is 1.68. The molecule has 2 aromatic heterocycles. The fraction of sp³-hybridized carbons (Fsp3) is 0.118. The summed E-state index contributed by atoms with van der Waals surface area (Å²) in [5, 5.41) is 7.61. The highest BCUT2D eigenvalue weighted by Gasteiger charge is 2.30. The normalized spacial score (nSPS) is 11.7. The highest BCUT2D eigenvalue weighted by molar-refractivity contribution is 5.93. The fourth-order valence-electron chi connectivity index (χ4n) is 2.30. The van der Waals surface area contributed by atoms with Crippen LogP contribution < -0.4 is 4.74 Å². The third kappa shape index (κ3) is 4.54. The molecular weight excluding hydrogens is 365 g/mol. The SMILES string of the molecule is Cn1ncc(C(=O)ON=Cc2ccc(OC(F)(F)F)cc2)c1-n1cccc1. The topological polar surface area (TPSA) is 70.6 Å². The fourth-order valence-corrected chi connectivity index (χ4v) is 2.30. The van der Waals surface area contributed by atoms with Crippen molar-refractivity contribution in [1.82, 2.24) is 14.3 Å². The van der Waals surface area contributed by atoms with Gasteiger partial charge in [-0.15, -0.1) is 13.2 Å². The van der Waals surface area contributed by atoms with E-state index in [0.29, 0.717) is 11.4 Å². The van der Waals surface area contributed by atoms with Crippen molar-refractivity contribution in [3.05, 3.63) is 66.1 Å². The first kappa shape index (κ1) is 18.2. The molecule has 3 rings (SSSR count). The van der Waals surface area contributed by atoms with Crippen LogP contribution in [0.2, 0.25) is 0 Å². The summed E-state index contributed by atoms with van der Waals surface area (Å²) in [6.45, 7) is 0. The van der Waals surface area contributed by atoms with Crippen molar-refractivity contribution >= 4 is 12.2 Å². The summed E-state index contributed by atoms with van der Waals surface area (Å²) in [6, 6.07) is 8.53. The summed E-state index contributed by atoms with van der Waals surface area (Å²) in [4.78, 5) is 17.1. The molecule has 2 heterocycles. The molecule has 7 nitrogen and oxygen atoms in total. The Morgan fingerprint density at radius 1 is 1.19 bits per heavy atom. The van der Waals surface area contributed by atoms with Gasteiger partial charge in [-0.1, -0.05) is 5.16 Å². The van der Waals surface area contributed by atoms with Crippen LogP contribution in [0.5, 0.6) is 5.75 Å². The highest BCUT2D eigenvalue weighted by atomic mass is 19.4. The van der Waals surface area contributed by atoms with Gasteiger partial charge in [0.05, 0.1) is 12.4 Å². The molecule has 0 saturated carbocycles. The molecule has 0 fully saturated rings. The van der Waals surface area contributed by atoms with Crippen LogP contribution in [0, 0.1) is 0 Å². The lowest BCUT2D eigenvalue weighted by Gasteiger charge is -2.08. The summed E-state index contributed by atoms with van der Waals surface area (Å²) >= 11 is 0. The van der Waals surface area contributed by atoms with E-state index >= 15 is 0 Å². The number of oxime groups is 1. The van der Waals surface area contributed by atoms with Gasteiger partial charge in [-0.2, -0.15) is 5.10 Å². The third-order valence-electron chi connectivity index (χ3n) is 3.43. The molecule has 0 atom stereocenters. The van der Waals surface area contributed by atoms with Crippen LogP contribution in [0.1, 0.15) is 15.9 Å². The van der Waals surface area contributed by atoms with Crippen molar-refractivity contribution in [2.45, 2.75) is 6.36 Å². The average molecular weight is 378 g/mol. The first-order valence-corrected chi connectivity index (χ1v) is 7.59. The molecule has 0 radical (unpaired) electrons.